The van der Waals surface area contributed by atoms with Crippen LogP contribution in [0.15, 0.2) is 54.6 Å². The highest BCUT2D eigenvalue weighted by Crippen LogP contribution is 2.17. The summed E-state index contributed by atoms with van der Waals surface area (Å²) in [5.74, 6) is 0.594. The number of rotatable bonds is 5. The molecule has 0 N–H and O–H groups in total. The van der Waals surface area contributed by atoms with Crippen LogP contribution in [0.2, 0.25) is 5.02 Å². The van der Waals surface area contributed by atoms with Crippen LogP contribution in [0.4, 0.5) is 5.69 Å². The second kappa shape index (κ2) is 6.73. The lowest BCUT2D eigenvalue weighted by atomic mass is 10.2. The Balaban J connectivity index is 1.86. The van der Waals surface area contributed by atoms with E-state index < -0.39 is 4.92 Å². The quantitative estimate of drug-likeness (QED) is 0.608. The van der Waals surface area contributed by atoms with Crippen LogP contribution in [0.1, 0.15) is 5.56 Å². The number of nitro benzene ring substituents is 1. The second-order valence-corrected chi connectivity index (χ2v) is 4.45. The van der Waals surface area contributed by atoms with Gasteiger partial charge in [-0.1, -0.05) is 29.8 Å². The zero-order valence-corrected chi connectivity index (χ0v) is 11.3. The molecule has 0 saturated heterocycles. The maximum atomic E-state index is 10.5. The molecule has 2 aromatic rings. The van der Waals surface area contributed by atoms with Gasteiger partial charge in [0, 0.05) is 17.2 Å². The second-order valence-electron chi connectivity index (χ2n) is 4.02. The Morgan fingerprint density at radius 3 is 2.35 bits per heavy atom. The Morgan fingerprint density at radius 1 is 1.10 bits per heavy atom. The summed E-state index contributed by atoms with van der Waals surface area (Å²) >= 11 is 5.79. The zero-order valence-electron chi connectivity index (χ0n) is 10.5. The Labute approximate surface area is 121 Å². The van der Waals surface area contributed by atoms with Crippen molar-refractivity contribution in [1.29, 1.82) is 0 Å². The molecule has 0 fully saturated rings. The summed E-state index contributed by atoms with van der Waals surface area (Å²) in [5, 5.41) is 11.2. The topological polar surface area (TPSA) is 52.4 Å². The van der Waals surface area contributed by atoms with E-state index in [1.807, 2.05) is 36.4 Å². The molecular weight excluding hydrogens is 278 g/mol. The molecule has 0 saturated carbocycles. The van der Waals surface area contributed by atoms with Crippen molar-refractivity contribution in [2.45, 2.75) is 0 Å². The van der Waals surface area contributed by atoms with Gasteiger partial charge in [0.25, 0.3) is 5.69 Å². The van der Waals surface area contributed by atoms with Crippen LogP contribution < -0.4 is 4.74 Å². The first-order valence-corrected chi connectivity index (χ1v) is 6.32. The first-order chi connectivity index (χ1) is 9.65. The van der Waals surface area contributed by atoms with E-state index in [2.05, 4.69) is 0 Å². The van der Waals surface area contributed by atoms with Crippen LogP contribution in [0.5, 0.6) is 5.75 Å². The van der Waals surface area contributed by atoms with Crippen molar-refractivity contribution in [1.82, 2.24) is 0 Å². The zero-order chi connectivity index (χ0) is 14.4. The SMILES string of the molecule is O=[N+]([O-])c1ccc(OCC=Cc2ccc(Cl)cc2)cc1. The van der Waals surface area contributed by atoms with E-state index in [0.717, 1.165) is 5.56 Å². The molecule has 0 radical (unpaired) electrons. The van der Waals surface area contributed by atoms with Crippen LogP contribution in [0.25, 0.3) is 6.08 Å². The van der Waals surface area contributed by atoms with Crippen molar-refractivity contribution in [3.05, 3.63) is 75.3 Å². The molecule has 0 aliphatic carbocycles. The molecule has 0 heterocycles. The summed E-state index contributed by atoms with van der Waals surface area (Å²) in [4.78, 5) is 10.1. The minimum absolute atomic E-state index is 0.0501. The number of nitro groups is 1. The smallest absolute Gasteiger partial charge is 0.269 e. The third-order valence-corrected chi connectivity index (χ3v) is 2.83. The third kappa shape index (κ3) is 4.10. The van der Waals surface area contributed by atoms with Gasteiger partial charge in [0.05, 0.1) is 4.92 Å². The Bertz CT molecular complexity index is 606. The average Bonchev–Trinajstić information content (AvgIpc) is 2.46. The number of hydrogen-bond acceptors (Lipinski definition) is 3. The van der Waals surface area contributed by atoms with Gasteiger partial charge in [0.1, 0.15) is 12.4 Å². The van der Waals surface area contributed by atoms with Crippen LogP contribution >= 0.6 is 11.6 Å². The summed E-state index contributed by atoms with van der Waals surface area (Å²) in [6.45, 7) is 0.389. The highest BCUT2D eigenvalue weighted by atomic mass is 35.5. The minimum Gasteiger partial charge on any atom is -0.490 e. The van der Waals surface area contributed by atoms with E-state index in [0.29, 0.717) is 17.4 Å². The molecule has 5 heteroatoms. The van der Waals surface area contributed by atoms with Crippen molar-refractivity contribution in [2.24, 2.45) is 0 Å². The van der Waals surface area contributed by atoms with E-state index in [9.17, 15) is 10.1 Å². The van der Waals surface area contributed by atoms with Crippen molar-refractivity contribution in [2.75, 3.05) is 6.61 Å². The number of hydrogen-bond donors (Lipinski definition) is 0. The predicted octanol–water partition coefficient (Wildman–Crippen LogP) is 4.34. The predicted molar refractivity (Wildman–Crippen MR) is 79.1 cm³/mol. The maximum absolute atomic E-state index is 10.5. The molecule has 0 bridgehead atoms. The molecule has 20 heavy (non-hydrogen) atoms. The van der Waals surface area contributed by atoms with Gasteiger partial charge >= 0.3 is 0 Å². The molecule has 2 rings (SSSR count). The fourth-order valence-electron chi connectivity index (χ4n) is 1.57. The highest BCUT2D eigenvalue weighted by Gasteiger charge is 2.03. The number of halogens is 1. The molecule has 0 aromatic heterocycles. The maximum Gasteiger partial charge on any atom is 0.269 e. The van der Waals surface area contributed by atoms with Gasteiger partial charge in [-0.25, -0.2) is 0 Å². The molecule has 4 nitrogen and oxygen atoms in total. The molecule has 2 aromatic carbocycles. The Kier molecular flexibility index (Phi) is 4.74. The average molecular weight is 290 g/mol. The number of non-ortho nitro benzene ring substituents is 1. The third-order valence-electron chi connectivity index (χ3n) is 2.57. The largest absolute Gasteiger partial charge is 0.490 e. The van der Waals surface area contributed by atoms with Gasteiger partial charge in [-0.15, -0.1) is 0 Å². The van der Waals surface area contributed by atoms with Crippen molar-refractivity contribution >= 4 is 23.4 Å². The van der Waals surface area contributed by atoms with Gasteiger partial charge in [-0.05, 0) is 35.9 Å². The monoisotopic (exact) mass is 289 g/mol. The Morgan fingerprint density at radius 2 is 1.75 bits per heavy atom. The van der Waals surface area contributed by atoms with E-state index in [1.165, 1.54) is 12.1 Å². The van der Waals surface area contributed by atoms with Crippen LogP contribution in [0.3, 0.4) is 0 Å². The molecule has 0 aliphatic rings. The fourth-order valence-corrected chi connectivity index (χ4v) is 1.69. The molecule has 0 atom stereocenters. The molecule has 0 amide bonds. The van der Waals surface area contributed by atoms with Gasteiger partial charge in [-0.2, -0.15) is 0 Å². The van der Waals surface area contributed by atoms with Gasteiger partial charge in [0.15, 0.2) is 0 Å². The van der Waals surface area contributed by atoms with Gasteiger partial charge in [0.2, 0.25) is 0 Å². The number of nitrogens with zero attached hydrogens (tertiary/aromatic N) is 1. The lowest BCUT2D eigenvalue weighted by molar-refractivity contribution is -0.384. The van der Waals surface area contributed by atoms with Crippen LogP contribution in [-0.2, 0) is 0 Å². The van der Waals surface area contributed by atoms with E-state index in [-0.39, 0.29) is 5.69 Å². The minimum atomic E-state index is -0.440. The summed E-state index contributed by atoms with van der Waals surface area (Å²) < 4.78 is 5.45. The van der Waals surface area contributed by atoms with Gasteiger partial charge < -0.3 is 4.74 Å². The fraction of sp³-hybridized carbons (Fsp3) is 0.0667. The summed E-state index contributed by atoms with van der Waals surface area (Å²) in [7, 11) is 0. The van der Waals surface area contributed by atoms with E-state index in [4.69, 9.17) is 16.3 Å². The molecule has 0 unspecified atom stereocenters. The normalized spacial score (nSPS) is 10.7. The first-order valence-electron chi connectivity index (χ1n) is 5.94. The molecule has 0 aliphatic heterocycles. The molecule has 102 valence electrons. The standard InChI is InChI=1S/C15H12ClNO3/c16-13-5-3-12(4-6-13)2-1-11-20-15-9-7-14(8-10-15)17(18)19/h1-10H,11H2. The summed E-state index contributed by atoms with van der Waals surface area (Å²) in [6, 6.07) is 13.4. The van der Waals surface area contributed by atoms with Crippen molar-refractivity contribution in [3.8, 4) is 5.75 Å². The van der Waals surface area contributed by atoms with E-state index >= 15 is 0 Å². The lowest BCUT2D eigenvalue weighted by Gasteiger charge is -2.02. The van der Waals surface area contributed by atoms with Crippen LogP contribution in [0, 0.1) is 10.1 Å². The van der Waals surface area contributed by atoms with Gasteiger partial charge in [-0.3, -0.25) is 10.1 Å². The number of benzene rings is 2. The summed E-state index contributed by atoms with van der Waals surface area (Å²) in [6.07, 6.45) is 3.78. The Hall–Kier alpha value is -2.33. The first kappa shape index (κ1) is 14.1. The molecule has 0 spiro atoms. The van der Waals surface area contributed by atoms with E-state index in [1.54, 1.807) is 12.1 Å². The summed E-state index contributed by atoms with van der Waals surface area (Å²) in [5.41, 5.74) is 1.08. The highest BCUT2D eigenvalue weighted by molar-refractivity contribution is 6.30. The lowest BCUT2D eigenvalue weighted by Crippen LogP contribution is -1.93. The molecular formula is C15H12ClNO3. The number of ether oxygens (including phenoxy) is 1. The van der Waals surface area contributed by atoms with Crippen LogP contribution in [-0.4, -0.2) is 11.5 Å². The van der Waals surface area contributed by atoms with Crippen molar-refractivity contribution < 1.29 is 9.66 Å². The van der Waals surface area contributed by atoms with Crippen molar-refractivity contribution in [3.63, 3.8) is 0 Å².